The number of pyridine rings is 1. The number of fused-ring (bicyclic) bond motifs is 3. The highest BCUT2D eigenvalue weighted by Crippen LogP contribution is 2.32. The van der Waals surface area contributed by atoms with Gasteiger partial charge in [0.15, 0.2) is 11.2 Å². The van der Waals surface area contributed by atoms with Crippen LogP contribution in [0.1, 0.15) is 27.7 Å². The van der Waals surface area contributed by atoms with Gasteiger partial charge in [-0.3, -0.25) is 4.98 Å². The fraction of sp³-hybridized carbons (Fsp3) is 0.353. The molecule has 0 amide bonds. The highest BCUT2D eigenvalue weighted by atomic mass is 35.5. The van der Waals surface area contributed by atoms with E-state index >= 15 is 0 Å². The van der Waals surface area contributed by atoms with Crippen LogP contribution in [0.4, 0.5) is 0 Å². The molecule has 1 aromatic carbocycles. The van der Waals surface area contributed by atoms with Crippen LogP contribution in [0, 0.1) is 0 Å². The van der Waals surface area contributed by atoms with Crippen LogP contribution in [0.25, 0.3) is 21.9 Å². The fourth-order valence-electron chi connectivity index (χ4n) is 2.33. The summed E-state index contributed by atoms with van der Waals surface area (Å²) in [5.41, 5.74) is 0.642. The zero-order chi connectivity index (χ0) is 16.8. The fourth-order valence-corrected chi connectivity index (χ4v) is 2.52. The van der Waals surface area contributed by atoms with Gasteiger partial charge in [0, 0.05) is 17.0 Å². The van der Waals surface area contributed by atoms with Crippen molar-refractivity contribution in [2.45, 2.75) is 38.9 Å². The van der Waals surface area contributed by atoms with Crippen molar-refractivity contribution in [1.82, 2.24) is 4.98 Å². The van der Waals surface area contributed by atoms with E-state index in [0.29, 0.717) is 23.7 Å². The van der Waals surface area contributed by atoms with Crippen molar-refractivity contribution in [3.8, 4) is 0 Å². The number of aromatic nitrogens is 1. The molecule has 0 unspecified atom stereocenters. The minimum atomic E-state index is -0.957. The third kappa shape index (κ3) is 2.85. The Balaban J connectivity index is 2.07. The van der Waals surface area contributed by atoms with Crippen molar-refractivity contribution < 1.29 is 14.2 Å². The molecule has 0 radical (unpaired) electrons. The van der Waals surface area contributed by atoms with Crippen molar-refractivity contribution in [2.75, 3.05) is 0 Å². The van der Waals surface area contributed by atoms with Gasteiger partial charge in [-0.05, 0) is 45.3 Å². The van der Waals surface area contributed by atoms with Gasteiger partial charge in [0.05, 0.1) is 22.4 Å². The quantitative estimate of drug-likeness (QED) is 0.746. The van der Waals surface area contributed by atoms with E-state index in [4.69, 9.17) is 20.7 Å². The number of nitrogens with zero attached hydrogens (tertiary/aromatic N) is 1. The largest absolute Gasteiger partial charge is 0.453 e. The van der Waals surface area contributed by atoms with E-state index in [-0.39, 0.29) is 0 Å². The summed E-state index contributed by atoms with van der Waals surface area (Å²) in [6.07, 6.45) is 3.40. The molecule has 0 aliphatic heterocycles. The summed E-state index contributed by atoms with van der Waals surface area (Å²) in [5.74, 6) is 0. The van der Waals surface area contributed by atoms with Gasteiger partial charge < -0.3 is 14.2 Å². The van der Waals surface area contributed by atoms with Crippen LogP contribution in [-0.4, -0.2) is 28.8 Å². The Bertz CT molecular complexity index is 867. The maximum Gasteiger partial charge on any atom is 0.310 e. The van der Waals surface area contributed by atoms with Crippen LogP contribution in [0.5, 0.6) is 0 Å². The van der Waals surface area contributed by atoms with Crippen molar-refractivity contribution in [1.29, 1.82) is 0 Å². The van der Waals surface area contributed by atoms with E-state index in [1.807, 2.05) is 26.0 Å². The number of hydrogen-bond acceptors (Lipinski definition) is 4. The summed E-state index contributed by atoms with van der Waals surface area (Å²) < 4.78 is 11.8. The molecule has 0 fully saturated rings. The summed E-state index contributed by atoms with van der Waals surface area (Å²) in [4.78, 5) is 4.08. The second kappa shape index (κ2) is 5.51. The van der Waals surface area contributed by atoms with Crippen molar-refractivity contribution in [3.63, 3.8) is 0 Å². The predicted octanol–water partition coefficient (Wildman–Crippen LogP) is 3.18. The van der Waals surface area contributed by atoms with Crippen LogP contribution in [0.15, 0.2) is 35.0 Å². The highest BCUT2D eigenvalue weighted by Gasteiger charge is 2.35. The van der Waals surface area contributed by atoms with Gasteiger partial charge in [-0.25, -0.2) is 0 Å². The lowest BCUT2D eigenvalue weighted by molar-refractivity contribution is -0.0893. The summed E-state index contributed by atoms with van der Waals surface area (Å²) in [6.45, 7) is 7.22. The molecule has 2 aromatic heterocycles. The standard InChI is InChI=1S/C17H19BClNO3/c1-16(2,21)17(3,4)23-18-11-5-6-12(19)15-14(11)10-7-8-20-9-13(10)22-15/h5-9,18,21H,1-4H3. The normalized spacial score (nSPS) is 13.0. The monoisotopic (exact) mass is 331 g/mol. The number of rotatable bonds is 4. The summed E-state index contributed by atoms with van der Waals surface area (Å²) in [7, 11) is 0.349. The first-order valence-electron chi connectivity index (χ1n) is 7.50. The lowest BCUT2D eigenvalue weighted by Gasteiger charge is -2.37. The molecule has 0 aliphatic rings. The molecule has 0 bridgehead atoms. The minimum Gasteiger partial charge on any atom is -0.453 e. The minimum absolute atomic E-state index is 0.349. The Labute approximate surface area is 140 Å². The molecule has 3 rings (SSSR count). The third-order valence-electron chi connectivity index (χ3n) is 4.52. The zero-order valence-electron chi connectivity index (χ0n) is 13.7. The first-order valence-corrected chi connectivity index (χ1v) is 7.88. The zero-order valence-corrected chi connectivity index (χ0v) is 14.4. The van der Waals surface area contributed by atoms with Gasteiger partial charge >= 0.3 is 7.48 Å². The third-order valence-corrected chi connectivity index (χ3v) is 4.82. The molecule has 0 saturated heterocycles. The van der Waals surface area contributed by atoms with Gasteiger partial charge in [-0.15, -0.1) is 0 Å². The Morgan fingerprint density at radius 2 is 1.96 bits per heavy atom. The number of hydrogen-bond donors (Lipinski definition) is 1. The smallest absolute Gasteiger partial charge is 0.310 e. The second-order valence-corrected chi connectivity index (χ2v) is 7.15. The molecule has 6 heteroatoms. The van der Waals surface area contributed by atoms with Gasteiger partial charge in [-0.1, -0.05) is 17.7 Å². The predicted molar refractivity (Wildman–Crippen MR) is 94.8 cm³/mol. The van der Waals surface area contributed by atoms with Crippen LogP contribution in [0.2, 0.25) is 5.02 Å². The average molecular weight is 332 g/mol. The van der Waals surface area contributed by atoms with Gasteiger partial charge in [0.25, 0.3) is 0 Å². The maximum atomic E-state index is 10.2. The van der Waals surface area contributed by atoms with E-state index in [1.165, 1.54) is 0 Å². The number of benzene rings is 1. The van der Waals surface area contributed by atoms with Crippen LogP contribution < -0.4 is 5.46 Å². The first-order chi connectivity index (χ1) is 10.7. The van der Waals surface area contributed by atoms with Crippen LogP contribution in [-0.2, 0) is 4.65 Å². The van der Waals surface area contributed by atoms with E-state index < -0.39 is 11.2 Å². The van der Waals surface area contributed by atoms with Gasteiger partial charge in [0.2, 0.25) is 0 Å². The molecule has 4 nitrogen and oxygen atoms in total. The van der Waals surface area contributed by atoms with Crippen molar-refractivity contribution in [3.05, 3.63) is 35.6 Å². The maximum absolute atomic E-state index is 10.2. The number of aliphatic hydroxyl groups is 1. The van der Waals surface area contributed by atoms with Gasteiger partial charge in [0.1, 0.15) is 0 Å². The van der Waals surface area contributed by atoms with Crippen LogP contribution >= 0.6 is 11.6 Å². The number of furan rings is 1. The highest BCUT2D eigenvalue weighted by molar-refractivity contribution is 6.54. The van der Waals surface area contributed by atoms with Crippen molar-refractivity contribution in [2.24, 2.45) is 0 Å². The summed E-state index contributed by atoms with van der Waals surface area (Å²) >= 11 is 6.27. The summed E-state index contributed by atoms with van der Waals surface area (Å²) in [6, 6.07) is 5.64. The van der Waals surface area contributed by atoms with E-state index in [1.54, 1.807) is 32.3 Å². The molecular formula is C17H19BClNO3. The molecule has 120 valence electrons. The molecular weight excluding hydrogens is 312 g/mol. The topological polar surface area (TPSA) is 55.5 Å². The molecule has 0 atom stereocenters. The lowest BCUT2D eigenvalue weighted by Crippen LogP contribution is -2.49. The van der Waals surface area contributed by atoms with E-state index in [9.17, 15) is 5.11 Å². The lowest BCUT2D eigenvalue weighted by atomic mass is 9.80. The van der Waals surface area contributed by atoms with E-state index in [2.05, 4.69) is 4.98 Å². The summed E-state index contributed by atoms with van der Waals surface area (Å²) in [5, 5.41) is 12.7. The Kier molecular flexibility index (Phi) is 3.91. The van der Waals surface area contributed by atoms with Crippen LogP contribution in [0.3, 0.4) is 0 Å². The average Bonchev–Trinajstić information content (AvgIpc) is 2.86. The molecule has 2 heterocycles. The van der Waals surface area contributed by atoms with Crippen molar-refractivity contribution >= 4 is 46.5 Å². The molecule has 0 saturated carbocycles. The molecule has 0 spiro atoms. The number of halogens is 1. The molecule has 3 aromatic rings. The molecule has 0 aliphatic carbocycles. The SMILES string of the molecule is CC(C)(O)C(C)(C)OBc1ccc(Cl)c2oc3cnccc3c12. The Hall–Kier alpha value is -1.56. The Morgan fingerprint density at radius 1 is 1.22 bits per heavy atom. The van der Waals surface area contributed by atoms with E-state index in [0.717, 1.165) is 16.2 Å². The second-order valence-electron chi connectivity index (χ2n) is 6.74. The Morgan fingerprint density at radius 3 is 2.65 bits per heavy atom. The molecule has 23 heavy (non-hydrogen) atoms. The van der Waals surface area contributed by atoms with Gasteiger partial charge in [-0.2, -0.15) is 0 Å². The molecule has 1 N–H and O–H groups in total. The first kappa shape index (κ1) is 16.3.